The Bertz CT molecular complexity index is 401. The lowest BCUT2D eigenvalue weighted by Crippen LogP contribution is -2.45. The van der Waals surface area contributed by atoms with Gasteiger partial charge in [0.05, 0.1) is 5.41 Å². The van der Waals surface area contributed by atoms with Gasteiger partial charge in [-0.05, 0) is 30.7 Å². The average Bonchev–Trinajstić information content (AvgIpc) is 2.28. The number of Topliss-reactive ketones (excluding diaryl/α,β-unsaturated/α-hetero) is 1. The first-order valence-corrected chi connectivity index (χ1v) is 7.16. The molecule has 1 aromatic carbocycles. The molecule has 0 radical (unpaired) electrons. The molecular weight excluding hydrogens is 220 g/mol. The average molecular weight is 244 g/mol. The van der Waals surface area contributed by atoms with Gasteiger partial charge in [-0.25, -0.2) is 0 Å². The van der Waals surface area contributed by atoms with E-state index in [9.17, 15) is 4.79 Å². The van der Waals surface area contributed by atoms with Gasteiger partial charge >= 0.3 is 0 Å². The van der Waals surface area contributed by atoms with Crippen LogP contribution in [0.2, 0.25) is 0 Å². The van der Waals surface area contributed by atoms with Gasteiger partial charge in [0.25, 0.3) is 0 Å². The van der Waals surface area contributed by atoms with Gasteiger partial charge in [0.15, 0.2) is 0 Å². The Balaban J connectivity index is 2.20. The predicted molar refractivity (Wildman–Crippen MR) is 75.6 cm³/mol. The van der Waals surface area contributed by atoms with E-state index in [2.05, 4.69) is 45.0 Å². The molecule has 2 rings (SSSR count). The summed E-state index contributed by atoms with van der Waals surface area (Å²) in [6.45, 7) is 6.49. The molecule has 1 unspecified atom stereocenters. The monoisotopic (exact) mass is 244 g/mol. The number of benzene rings is 1. The maximum Gasteiger partial charge on any atom is 0.146 e. The van der Waals surface area contributed by atoms with Gasteiger partial charge < -0.3 is 0 Å². The van der Waals surface area contributed by atoms with Crippen LogP contribution in [0.25, 0.3) is 0 Å². The Labute approximate surface area is 111 Å². The number of carbonyl (C=O) groups excluding carboxylic acids is 1. The fourth-order valence-electron chi connectivity index (χ4n) is 3.25. The van der Waals surface area contributed by atoms with Crippen molar-refractivity contribution in [2.24, 2.45) is 11.8 Å². The molecule has 0 aliphatic heterocycles. The molecule has 1 atom stereocenters. The van der Waals surface area contributed by atoms with Crippen LogP contribution in [0.4, 0.5) is 0 Å². The minimum Gasteiger partial charge on any atom is -0.298 e. The zero-order chi connectivity index (χ0) is 13.2. The Morgan fingerprint density at radius 2 is 1.78 bits per heavy atom. The van der Waals surface area contributed by atoms with Crippen LogP contribution in [0.15, 0.2) is 30.3 Å². The van der Waals surface area contributed by atoms with Crippen molar-refractivity contribution in [3.63, 3.8) is 0 Å². The van der Waals surface area contributed by atoms with Crippen molar-refractivity contribution < 1.29 is 4.79 Å². The summed E-state index contributed by atoms with van der Waals surface area (Å²) in [4.78, 5) is 12.8. The summed E-state index contributed by atoms with van der Waals surface area (Å²) < 4.78 is 0. The molecule has 1 aliphatic rings. The van der Waals surface area contributed by atoms with E-state index in [1.807, 2.05) is 6.07 Å². The Hall–Kier alpha value is -1.11. The third-order valence-electron chi connectivity index (χ3n) is 4.28. The van der Waals surface area contributed by atoms with Gasteiger partial charge in [0.1, 0.15) is 5.78 Å². The highest BCUT2D eigenvalue weighted by Gasteiger charge is 2.46. The second kappa shape index (κ2) is 5.26. The molecule has 18 heavy (non-hydrogen) atoms. The SMILES string of the molecule is CC(C)CC(C)C(=O)C1(c2ccccc2)CCC1. The molecule has 1 fully saturated rings. The van der Waals surface area contributed by atoms with Crippen LogP contribution in [0.3, 0.4) is 0 Å². The Morgan fingerprint density at radius 1 is 1.17 bits per heavy atom. The maximum absolute atomic E-state index is 12.8. The fourth-order valence-corrected chi connectivity index (χ4v) is 3.25. The largest absolute Gasteiger partial charge is 0.298 e. The number of ketones is 1. The van der Waals surface area contributed by atoms with Crippen molar-refractivity contribution in [3.05, 3.63) is 35.9 Å². The molecule has 0 spiro atoms. The van der Waals surface area contributed by atoms with Gasteiger partial charge in [-0.2, -0.15) is 0 Å². The minimum absolute atomic E-state index is 0.157. The van der Waals surface area contributed by atoms with Crippen molar-refractivity contribution in [1.29, 1.82) is 0 Å². The lowest BCUT2D eigenvalue weighted by Gasteiger charge is -2.42. The van der Waals surface area contributed by atoms with Crippen molar-refractivity contribution in [2.45, 2.75) is 51.9 Å². The van der Waals surface area contributed by atoms with Crippen LogP contribution in [-0.2, 0) is 10.2 Å². The molecule has 1 nitrogen and oxygen atoms in total. The van der Waals surface area contributed by atoms with Crippen LogP contribution in [0.5, 0.6) is 0 Å². The highest BCUT2D eigenvalue weighted by Crippen LogP contribution is 2.46. The summed E-state index contributed by atoms with van der Waals surface area (Å²) in [7, 11) is 0. The van der Waals surface area contributed by atoms with E-state index in [0.717, 1.165) is 19.3 Å². The first kappa shape index (κ1) is 13.3. The lowest BCUT2D eigenvalue weighted by molar-refractivity contribution is -0.131. The zero-order valence-electron chi connectivity index (χ0n) is 11.8. The molecule has 0 heterocycles. The van der Waals surface area contributed by atoms with Gasteiger partial charge in [0.2, 0.25) is 0 Å². The molecule has 1 heteroatoms. The first-order valence-electron chi connectivity index (χ1n) is 7.16. The number of hydrogen-bond donors (Lipinski definition) is 0. The van der Waals surface area contributed by atoms with Crippen LogP contribution in [-0.4, -0.2) is 5.78 Å². The molecule has 0 saturated heterocycles. The highest BCUT2D eigenvalue weighted by molar-refractivity contribution is 5.92. The maximum atomic E-state index is 12.8. The van der Waals surface area contributed by atoms with Gasteiger partial charge in [-0.3, -0.25) is 4.79 Å². The molecular formula is C17H24O. The summed E-state index contributed by atoms with van der Waals surface area (Å²) in [6, 6.07) is 10.4. The van der Waals surface area contributed by atoms with Crippen molar-refractivity contribution in [1.82, 2.24) is 0 Å². The van der Waals surface area contributed by atoms with Crippen molar-refractivity contribution >= 4 is 5.78 Å². The Kier molecular flexibility index (Phi) is 3.89. The third kappa shape index (κ3) is 2.36. The molecule has 0 amide bonds. The topological polar surface area (TPSA) is 17.1 Å². The minimum atomic E-state index is -0.157. The summed E-state index contributed by atoms with van der Waals surface area (Å²) in [6.07, 6.45) is 4.28. The summed E-state index contributed by atoms with van der Waals surface area (Å²) in [5, 5.41) is 0. The standard InChI is InChI=1S/C17H24O/c1-13(2)12-14(3)16(18)17(10-7-11-17)15-8-5-4-6-9-15/h4-6,8-9,13-14H,7,10-12H2,1-3H3. The van der Waals surface area contributed by atoms with E-state index < -0.39 is 0 Å². The molecule has 1 aromatic rings. The molecule has 0 bridgehead atoms. The van der Waals surface area contributed by atoms with Crippen molar-refractivity contribution in [3.8, 4) is 0 Å². The molecule has 1 aliphatic carbocycles. The van der Waals surface area contributed by atoms with E-state index in [0.29, 0.717) is 11.7 Å². The second-order valence-corrected chi connectivity index (χ2v) is 6.20. The van der Waals surface area contributed by atoms with Gasteiger partial charge in [-0.1, -0.05) is 57.5 Å². The van der Waals surface area contributed by atoms with E-state index in [1.165, 1.54) is 12.0 Å². The van der Waals surface area contributed by atoms with E-state index in [4.69, 9.17) is 0 Å². The third-order valence-corrected chi connectivity index (χ3v) is 4.28. The van der Waals surface area contributed by atoms with E-state index in [-0.39, 0.29) is 11.3 Å². The number of carbonyl (C=O) groups is 1. The molecule has 98 valence electrons. The lowest BCUT2D eigenvalue weighted by atomic mass is 9.59. The zero-order valence-corrected chi connectivity index (χ0v) is 11.8. The van der Waals surface area contributed by atoms with E-state index >= 15 is 0 Å². The molecule has 1 saturated carbocycles. The van der Waals surface area contributed by atoms with Gasteiger partial charge in [0, 0.05) is 5.92 Å². The Morgan fingerprint density at radius 3 is 2.22 bits per heavy atom. The smallest absolute Gasteiger partial charge is 0.146 e. The highest BCUT2D eigenvalue weighted by atomic mass is 16.1. The second-order valence-electron chi connectivity index (χ2n) is 6.20. The summed E-state index contributed by atoms with van der Waals surface area (Å²) >= 11 is 0. The summed E-state index contributed by atoms with van der Waals surface area (Å²) in [5.74, 6) is 1.25. The normalized spacial score (nSPS) is 19.3. The van der Waals surface area contributed by atoms with Crippen LogP contribution < -0.4 is 0 Å². The molecule has 0 aromatic heterocycles. The predicted octanol–water partition coefficient (Wildman–Crippen LogP) is 4.36. The first-order chi connectivity index (χ1) is 8.56. The van der Waals surface area contributed by atoms with Crippen molar-refractivity contribution in [2.75, 3.05) is 0 Å². The van der Waals surface area contributed by atoms with Crippen LogP contribution >= 0.6 is 0 Å². The number of hydrogen-bond acceptors (Lipinski definition) is 1. The van der Waals surface area contributed by atoms with Crippen LogP contribution in [0.1, 0.15) is 52.0 Å². The fraction of sp³-hybridized carbons (Fsp3) is 0.588. The van der Waals surface area contributed by atoms with Crippen LogP contribution in [0, 0.1) is 11.8 Å². The van der Waals surface area contributed by atoms with E-state index in [1.54, 1.807) is 0 Å². The number of rotatable bonds is 5. The quantitative estimate of drug-likeness (QED) is 0.752. The molecule has 0 N–H and O–H groups in total. The summed E-state index contributed by atoms with van der Waals surface area (Å²) in [5.41, 5.74) is 1.08. The van der Waals surface area contributed by atoms with Gasteiger partial charge in [-0.15, -0.1) is 0 Å².